The van der Waals surface area contributed by atoms with Gasteiger partial charge in [0, 0.05) is 17.2 Å². The standard InChI is InChI=1S/C14H13ClN2O3/c1-9-7-12(14(20-2)8-10(9)15)16-11-5-3-4-6-13(11)17(18)19/h3-8,16H,1-2H3. The molecule has 0 amide bonds. The molecule has 0 aliphatic heterocycles. The largest absolute Gasteiger partial charge is 0.495 e. The fraction of sp³-hybridized carbons (Fsp3) is 0.143. The Hall–Kier alpha value is -2.27. The smallest absolute Gasteiger partial charge is 0.292 e. The molecule has 0 radical (unpaired) electrons. The Bertz CT molecular complexity index is 659. The van der Waals surface area contributed by atoms with Crippen molar-refractivity contribution >= 4 is 28.7 Å². The zero-order valence-corrected chi connectivity index (χ0v) is 11.8. The molecule has 6 heteroatoms. The number of anilines is 2. The molecule has 20 heavy (non-hydrogen) atoms. The minimum absolute atomic E-state index is 0.00200. The Morgan fingerprint density at radius 1 is 1.25 bits per heavy atom. The summed E-state index contributed by atoms with van der Waals surface area (Å²) in [5.74, 6) is 0.527. The molecule has 2 aromatic rings. The van der Waals surface area contributed by atoms with Crippen LogP contribution >= 0.6 is 11.6 Å². The topological polar surface area (TPSA) is 64.4 Å². The molecule has 2 aromatic carbocycles. The molecular formula is C14H13ClN2O3. The molecule has 0 atom stereocenters. The molecule has 0 aliphatic carbocycles. The zero-order valence-electron chi connectivity index (χ0n) is 11.0. The summed E-state index contributed by atoms with van der Waals surface area (Å²) < 4.78 is 5.24. The van der Waals surface area contributed by atoms with Gasteiger partial charge < -0.3 is 10.1 Å². The normalized spacial score (nSPS) is 10.2. The van der Waals surface area contributed by atoms with Crippen molar-refractivity contribution in [2.45, 2.75) is 6.92 Å². The van der Waals surface area contributed by atoms with Gasteiger partial charge in [-0.3, -0.25) is 10.1 Å². The van der Waals surface area contributed by atoms with Gasteiger partial charge in [0.25, 0.3) is 5.69 Å². The number of hydrogen-bond acceptors (Lipinski definition) is 4. The van der Waals surface area contributed by atoms with E-state index < -0.39 is 4.92 Å². The van der Waals surface area contributed by atoms with Gasteiger partial charge in [0.05, 0.1) is 17.7 Å². The molecule has 104 valence electrons. The minimum Gasteiger partial charge on any atom is -0.495 e. The van der Waals surface area contributed by atoms with E-state index in [1.807, 2.05) is 6.92 Å². The summed E-state index contributed by atoms with van der Waals surface area (Å²) in [6.07, 6.45) is 0. The quantitative estimate of drug-likeness (QED) is 0.673. The fourth-order valence-corrected chi connectivity index (χ4v) is 1.97. The maximum atomic E-state index is 11.0. The number of hydrogen-bond donors (Lipinski definition) is 1. The lowest BCUT2D eigenvalue weighted by molar-refractivity contribution is -0.383. The van der Waals surface area contributed by atoms with Gasteiger partial charge >= 0.3 is 0 Å². The van der Waals surface area contributed by atoms with Crippen LogP contribution in [0.4, 0.5) is 17.1 Å². The fourth-order valence-electron chi connectivity index (χ4n) is 1.81. The molecule has 0 aliphatic rings. The number of nitro groups is 1. The lowest BCUT2D eigenvalue weighted by atomic mass is 10.2. The molecule has 0 spiro atoms. The molecule has 0 bridgehead atoms. The van der Waals surface area contributed by atoms with Crippen LogP contribution in [-0.4, -0.2) is 12.0 Å². The summed E-state index contributed by atoms with van der Waals surface area (Å²) in [4.78, 5) is 10.6. The van der Waals surface area contributed by atoms with Gasteiger partial charge in [-0.25, -0.2) is 0 Å². The van der Waals surface area contributed by atoms with Crippen LogP contribution in [0.15, 0.2) is 36.4 Å². The number of aryl methyl sites for hydroxylation is 1. The Labute approximate surface area is 121 Å². The van der Waals surface area contributed by atoms with Crippen LogP contribution < -0.4 is 10.1 Å². The monoisotopic (exact) mass is 292 g/mol. The van der Waals surface area contributed by atoms with E-state index in [-0.39, 0.29) is 5.69 Å². The highest BCUT2D eigenvalue weighted by Gasteiger charge is 2.15. The predicted molar refractivity (Wildman–Crippen MR) is 79.1 cm³/mol. The molecule has 1 N–H and O–H groups in total. The first-order chi connectivity index (χ1) is 9.52. The van der Waals surface area contributed by atoms with Crippen LogP contribution in [0.3, 0.4) is 0 Å². The van der Waals surface area contributed by atoms with Gasteiger partial charge in [0.1, 0.15) is 11.4 Å². The third-order valence-electron chi connectivity index (χ3n) is 2.85. The van der Waals surface area contributed by atoms with Crippen molar-refractivity contribution in [3.8, 4) is 5.75 Å². The first-order valence-corrected chi connectivity index (χ1v) is 6.25. The Morgan fingerprint density at radius 2 is 1.95 bits per heavy atom. The first kappa shape index (κ1) is 14.1. The first-order valence-electron chi connectivity index (χ1n) is 5.87. The molecule has 0 heterocycles. The molecular weight excluding hydrogens is 280 g/mol. The van der Waals surface area contributed by atoms with Crippen molar-refractivity contribution in [3.63, 3.8) is 0 Å². The minimum atomic E-state index is -0.433. The van der Waals surface area contributed by atoms with Crippen molar-refractivity contribution in [1.29, 1.82) is 0 Å². The molecule has 0 unspecified atom stereocenters. The van der Waals surface area contributed by atoms with Gasteiger partial charge in [-0.2, -0.15) is 0 Å². The predicted octanol–water partition coefficient (Wildman–Crippen LogP) is 4.31. The molecule has 0 aromatic heterocycles. The Balaban J connectivity index is 2.45. The third kappa shape index (κ3) is 2.83. The number of nitrogens with zero attached hydrogens (tertiary/aromatic N) is 1. The van der Waals surface area contributed by atoms with Crippen molar-refractivity contribution in [2.24, 2.45) is 0 Å². The van der Waals surface area contributed by atoms with E-state index in [4.69, 9.17) is 16.3 Å². The van der Waals surface area contributed by atoms with Crippen molar-refractivity contribution in [2.75, 3.05) is 12.4 Å². The van der Waals surface area contributed by atoms with Crippen molar-refractivity contribution < 1.29 is 9.66 Å². The van der Waals surface area contributed by atoms with Crippen LogP contribution in [0.2, 0.25) is 5.02 Å². The highest BCUT2D eigenvalue weighted by atomic mass is 35.5. The van der Waals surface area contributed by atoms with Gasteiger partial charge in [0.15, 0.2) is 0 Å². The summed E-state index contributed by atoms with van der Waals surface area (Å²) in [5, 5.41) is 14.6. The van der Waals surface area contributed by atoms with E-state index in [0.29, 0.717) is 22.1 Å². The van der Waals surface area contributed by atoms with E-state index in [0.717, 1.165) is 5.56 Å². The second kappa shape index (κ2) is 5.79. The third-order valence-corrected chi connectivity index (χ3v) is 3.26. The number of methoxy groups -OCH3 is 1. The number of benzene rings is 2. The lowest BCUT2D eigenvalue weighted by Crippen LogP contribution is -1.99. The number of ether oxygens (including phenoxy) is 1. The van der Waals surface area contributed by atoms with Crippen LogP contribution in [0.1, 0.15) is 5.56 Å². The Morgan fingerprint density at radius 3 is 2.60 bits per heavy atom. The number of halogens is 1. The van der Waals surface area contributed by atoms with E-state index >= 15 is 0 Å². The average Bonchev–Trinajstić information content (AvgIpc) is 2.43. The van der Waals surface area contributed by atoms with Crippen molar-refractivity contribution in [3.05, 3.63) is 57.1 Å². The van der Waals surface area contributed by atoms with Crippen LogP contribution in [0.5, 0.6) is 5.75 Å². The van der Waals surface area contributed by atoms with Gasteiger partial charge in [0.2, 0.25) is 0 Å². The van der Waals surface area contributed by atoms with Gasteiger partial charge in [-0.15, -0.1) is 0 Å². The van der Waals surface area contributed by atoms with Crippen LogP contribution in [0.25, 0.3) is 0 Å². The van der Waals surface area contributed by atoms with Crippen LogP contribution in [0, 0.1) is 17.0 Å². The Kier molecular flexibility index (Phi) is 4.10. The second-order valence-corrected chi connectivity index (χ2v) is 4.61. The van der Waals surface area contributed by atoms with Gasteiger partial charge in [-0.1, -0.05) is 23.7 Å². The summed E-state index contributed by atoms with van der Waals surface area (Å²) >= 11 is 6.03. The highest BCUT2D eigenvalue weighted by Crippen LogP contribution is 2.35. The summed E-state index contributed by atoms with van der Waals surface area (Å²) in [6, 6.07) is 9.89. The maximum absolute atomic E-state index is 11.0. The lowest BCUT2D eigenvalue weighted by Gasteiger charge is -2.13. The summed E-state index contributed by atoms with van der Waals surface area (Å²) in [7, 11) is 1.52. The van der Waals surface area contributed by atoms with E-state index in [1.54, 1.807) is 30.3 Å². The van der Waals surface area contributed by atoms with E-state index in [1.165, 1.54) is 13.2 Å². The molecule has 0 saturated heterocycles. The number of nitrogens with one attached hydrogen (secondary N) is 1. The maximum Gasteiger partial charge on any atom is 0.292 e. The molecule has 0 fully saturated rings. The van der Waals surface area contributed by atoms with Crippen LogP contribution in [-0.2, 0) is 0 Å². The van der Waals surface area contributed by atoms with Gasteiger partial charge in [-0.05, 0) is 24.6 Å². The SMILES string of the molecule is COc1cc(Cl)c(C)cc1Nc1ccccc1[N+](=O)[O-]. The average molecular weight is 293 g/mol. The number of nitro benzene ring substituents is 1. The second-order valence-electron chi connectivity index (χ2n) is 4.20. The summed E-state index contributed by atoms with van der Waals surface area (Å²) in [6.45, 7) is 1.85. The molecule has 0 saturated carbocycles. The van der Waals surface area contributed by atoms with E-state index in [9.17, 15) is 10.1 Å². The molecule has 2 rings (SSSR count). The summed E-state index contributed by atoms with van der Waals surface area (Å²) in [5.41, 5.74) is 1.89. The number of para-hydroxylation sites is 2. The van der Waals surface area contributed by atoms with Crippen molar-refractivity contribution in [1.82, 2.24) is 0 Å². The zero-order chi connectivity index (χ0) is 14.7. The molecule has 5 nitrogen and oxygen atoms in total. The number of rotatable bonds is 4. The highest BCUT2D eigenvalue weighted by molar-refractivity contribution is 6.31. The van der Waals surface area contributed by atoms with E-state index in [2.05, 4.69) is 5.32 Å².